The third kappa shape index (κ3) is 6.43. The second-order valence-electron chi connectivity index (χ2n) is 11.0. The summed E-state index contributed by atoms with van der Waals surface area (Å²) in [5.41, 5.74) is 5.90. The number of halogens is 1. The highest BCUT2D eigenvalue weighted by molar-refractivity contribution is 6.30. The van der Waals surface area contributed by atoms with Gasteiger partial charge in [-0.2, -0.15) is 5.10 Å². The molecule has 44 heavy (non-hydrogen) atoms. The second kappa shape index (κ2) is 12.9. The van der Waals surface area contributed by atoms with E-state index in [0.29, 0.717) is 35.7 Å². The Labute approximate surface area is 258 Å². The summed E-state index contributed by atoms with van der Waals surface area (Å²) in [7, 11) is 0. The van der Waals surface area contributed by atoms with Gasteiger partial charge in [-0.1, -0.05) is 17.7 Å². The largest absolute Gasteiger partial charge is 0.494 e. The summed E-state index contributed by atoms with van der Waals surface area (Å²) in [5, 5.41) is 7.37. The van der Waals surface area contributed by atoms with E-state index in [1.807, 2.05) is 35.8 Å². The van der Waals surface area contributed by atoms with E-state index in [1.165, 1.54) is 6.33 Å². The number of carbonyl (C=O) groups excluding carboxylic acids is 2. The quantitative estimate of drug-likeness (QED) is 0.191. The highest BCUT2D eigenvalue weighted by atomic mass is 35.5. The molecule has 2 unspecified atom stereocenters. The molecule has 0 radical (unpaired) electrons. The zero-order chi connectivity index (χ0) is 30.6. The number of nitrogens with zero attached hydrogens (tertiary/aromatic N) is 4. The molecule has 2 aliphatic heterocycles. The standard InChI is InChI=1S/C32H32ClN7O4/c1-2-44-27-11-6-20(12-23(27)18-39-15-21-13-22(17-39)26-4-3-5-28(41)40(26)16-21)14-36-38-32(43)30-29(34-19-35-30)31(42)37-25-9-7-24(33)8-10-25/h3-12,14,19,21-22H,2,13,15-18H2,1H3,(H,34,35)(H,37,42)(H,38,43). The van der Waals surface area contributed by atoms with Crippen molar-refractivity contribution in [3.8, 4) is 5.75 Å². The minimum atomic E-state index is -0.630. The van der Waals surface area contributed by atoms with Crippen molar-refractivity contribution in [3.63, 3.8) is 0 Å². The number of aromatic amines is 1. The third-order valence-electron chi connectivity index (χ3n) is 7.90. The molecule has 2 atom stereocenters. The summed E-state index contributed by atoms with van der Waals surface area (Å²) in [4.78, 5) is 47.1. The lowest BCUT2D eigenvalue weighted by Gasteiger charge is -2.43. The summed E-state index contributed by atoms with van der Waals surface area (Å²) in [6.45, 7) is 5.68. The fourth-order valence-electron chi connectivity index (χ4n) is 6.05. The summed E-state index contributed by atoms with van der Waals surface area (Å²) in [6, 6.07) is 18.0. The van der Waals surface area contributed by atoms with Crippen LogP contribution in [-0.4, -0.2) is 57.2 Å². The first-order valence-corrected chi connectivity index (χ1v) is 14.9. The van der Waals surface area contributed by atoms with Crippen LogP contribution in [0.5, 0.6) is 5.75 Å². The molecule has 3 N–H and O–H groups in total. The first-order chi connectivity index (χ1) is 21.4. The monoisotopic (exact) mass is 613 g/mol. The van der Waals surface area contributed by atoms with Crippen molar-refractivity contribution in [2.45, 2.75) is 32.4 Å². The van der Waals surface area contributed by atoms with Crippen LogP contribution in [0.15, 0.2) is 76.9 Å². The highest BCUT2D eigenvalue weighted by Gasteiger charge is 2.34. The molecule has 2 bridgehead atoms. The number of hydrogen-bond donors (Lipinski definition) is 3. The molecule has 2 aromatic carbocycles. The minimum Gasteiger partial charge on any atom is -0.494 e. The molecule has 226 valence electrons. The molecule has 2 aliphatic rings. The number of ether oxygens (including phenoxy) is 1. The van der Waals surface area contributed by atoms with Gasteiger partial charge in [0.1, 0.15) is 11.4 Å². The Kier molecular flexibility index (Phi) is 8.58. The number of aromatic nitrogens is 3. The van der Waals surface area contributed by atoms with Gasteiger partial charge in [-0.25, -0.2) is 10.4 Å². The summed E-state index contributed by atoms with van der Waals surface area (Å²) in [5.74, 6) is 0.375. The number of amides is 2. The van der Waals surface area contributed by atoms with E-state index in [4.69, 9.17) is 16.3 Å². The van der Waals surface area contributed by atoms with E-state index in [2.05, 4.69) is 36.8 Å². The lowest BCUT2D eigenvalue weighted by atomic mass is 9.83. The highest BCUT2D eigenvalue weighted by Crippen LogP contribution is 2.36. The third-order valence-corrected chi connectivity index (χ3v) is 8.15. The molecule has 12 heteroatoms. The number of H-pyrrole nitrogens is 1. The van der Waals surface area contributed by atoms with E-state index in [0.717, 1.165) is 48.6 Å². The first kappa shape index (κ1) is 29.3. The number of hydrazone groups is 1. The predicted molar refractivity (Wildman–Crippen MR) is 167 cm³/mol. The molecular formula is C32H32ClN7O4. The van der Waals surface area contributed by atoms with Crippen LogP contribution in [0.4, 0.5) is 5.69 Å². The molecule has 0 saturated carbocycles. The van der Waals surface area contributed by atoms with Gasteiger partial charge in [0.15, 0.2) is 5.69 Å². The van der Waals surface area contributed by atoms with Gasteiger partial charge in [0.25, 0.3) is 17.4 Å². The predicted octanol–water partition coefficient (Wildman–Crippen LogP) is 4.26. The van der Waals surface area contributed by atoms with Crippen molar-refractivity contribution in [1.29, 1.82) is 0 Å². The van der Waals surface area contributed by atoms with Crippen molar-refractivity contribution < 1.29 is 14.3 Å². The Balaban J connectivity index is 1.12. The van der Waals surface area contributed by atoms with Crippen LogP contribution in [0.3, 0.4) is 0 Å². The number of fused-ring (bicyclic) bond motifs is 4. The fourth-order valence-corrected chi connectivity index (χ4v) is 6.18. The average Bonchev–Trinajstić information content (AvgIpc) is 3.51. The number of hydrogen-bond acceptors (Lipinski definition) is 7. The number of nitrogens with one attached hydrogen (secondary N) is 3. The van der Waals surface area contributed by atoms with E-state index in [9.17, 15) is 14.4 Å². The lowest BCUT2D eigenvalue weighted by Crippen LogP contribution is -2.46. The Morgan fingerprint density at radius 1 is 1.11 bits per heavy atom. The number of anilines is 1. The van der Waals surface area contributed by atoms with E-state index in [1.54, 1.807) is 36.5 Å². The van der Waals surface area contributed by atoms with Crippen molar-refractivity contribution in [3.05, 3.63) is 111 Å². The van der Waals surface area contributed by atoms with Crippen LogP contribution in [0, 0.1) is 5.92 Å². The van der Waals surface area contributed by atoms with Gasteiger partial charge in [0.05, 0.1) is 19.1 Å². The molecule has 2 amide bonds. The maximum Gasteiger partial charge on any atom is 0.292 e. The molecule has 1 fully saturated rings. The van der Waals surface area contributed by atoms with Crippen LogP contribution < -0.4 is 21.0 Å². The molecule has 6 rings (SSSR count). The molecule has 11 nitrogen and oxygen atoms in total. The van der Waals surface area contributed by atoms with Crippen LogP contribution in [0.1, 0.15) is 57.1 Å². The molecule has 2 aromatic heterocycles. The molecule has 4 heterocycles. The van der Waals surface area contributed by atoms with Crippen LogP contribution >= 0.6 is 11.6 Å². The number of carbonyl (C=O) groups is 2. The minimum absolute atomic E-state index is 0.00907. The zero-order valence-electron chi connectivity index (χ0n) is 24.1. The molecular weight excluding hydrogens is 582 g/mol. The number of pyridine rings is 1. The number of piperidine rings is 1. The Morgan fingerprint density at radius 3 is 2.77 bits per heavy atom. The first-order valence-electron chi connectivity index (χ1n) is 14.5. The van der Waals surface area contributed by atoms with E-state index < -0.39 is 11.8 Å². The maximum absolute atomic E-state index is 12.8. The van der Waals surface area contributed by atoms with E-state index >= 15 is 0 Å². The molecule has 1 saturated heterocycles. The summed E-state index contributed by atoms with van der Waals surface area (Å²) >= 11 is 5.91. The van der Waals surface area contributed by atoms with Crippen molar-refractivity contribution >= 4 is 35.3 Å². The molecule has 4 aromatic rings. The van der Waals surface area contributed by atoms with Gasteiger partial charge in [-0.15, -0.1) is 0 Å². The van der Waals surface area contributed by atoms with Crippen LogP contribution in [0.25, 0.3) is 0 Å². The molecule has 0 aliphatic carbocycles. The summed E-state index contributed by atoms with van der Waals surface area (Å²) < 4.78 is 7.87. The smallest absolute Gasteiger partial charge is 0.292 e. The topological polar surface area (TPSA) is 134 Å². The van der Waals surface area contributed by atoms with Gasteiger partial charge in [0, 0.05) is 60.1 Å². The Bertz CT molecular complexity index is 1760. The van der Waals surface area contributed by atoms with Gasteiger partial charge < -0.3 is 19.6 Å². The number of likely N-dealkylation sites (tertiary alicyclic amines) is 1. The van der Waals surface area contributed by atoms with E-state index in [-0.39, 0.29) is 16.9 Å². The second-order valence-corrected chi connectivity index (χ2v) is 11.4. The molecule has 0 spiro atoms. The van der Waals surface area contributed by atoms with Crippen molar-refractivity contribution in [1.82, 2.24) is 24.9 Å². The van der Waals surface area contributed by atoms with Crippen molar-refractivity contribution in [2.75, 3.05) is 25.0 Å². The summed E-state index contributed by atoms with van der Waals surface area (Å²) in [6.07, 6.45) is 3.91. The zero-order valence-corrected chi connectivity index (χ0v) is 24.9. The average molecular weight is 614 g/mol. The normalized spacial score (nSPS) is 17.7. The lowest BCUT2D eigenvalue weighted by molar-refractivity contribution is 0.0936. The number of rotatable bonds is 9. The van der Waals surface area contributed by atoms with Gasteiger partial charge in [-0.05, 0) is 73.4 Å². The SMILES string of the molecule is CCOc1ccc(C=NNC(=O)c2nc[nH]c2C(=O)Nc2ccc(Cl)cc2)cc1CN1CC2CC(C1)c1cccc(=O)n1C2. The maximum atomic E-state index is 12.8. The van der Waals surface area contributed by atoms with Gasteiger partial charge in [0.2, 0.25) is 0 Å². The van der Waals surface area contributed by atoms with Crippen molar-refractivity contribution in [2.24, 2.45) is 11.0 Å². The van der Waals surface area contributed by atoms with Crippen LogP contribution in [-0.2, 0) is 13.1 Å². The number of imidazole rings is 1. The Hall–Kier alpha value is -4.74. The Morgan fingerprint density at radius 2 is 1.95 bits per heavy atom. The number of benzene rings is 2. The fraction of sp³-hybridized carbons (Fsp3) is 0.281. The van der Waals surface area contributed by atoms with Crippen LogP contribution in [0.2, 0.25) is 5.02 Å². The van der Waals surface area contributed by atoms with Gasteiger partial charge in [-0.3, -0.25) is 19.3 Å². The van der Waals surface area contributed by atoms with Gasteiger partial charge >= 0.3 is 0 Å².